The molecule has 1 aromatic heterocycles. The average molecular weight is 216 g/mol. The second-order valence-corrected chi connectivity index (χ2v) is 4.14. The van der Waals surface area contributed by atoms with E-state index < -0.39 is 0 Å². The van der Waals surface area contributed by atoms with Crippen molar-refractivity contribution in [2.24, 2.45) is 5.92 Å². The first-order valence-electron chi connectivity index (χ1n) is 5.60. The van der Waals surface area contributed by atoms with E-state index in [-0.39, 0.29) is 0 Å². The van der Waals surface area contributed by atoms with Crippen molar-refractivity contribution in [3.8, 4) is 6.07 Å². The number of hydrogen-bond donors (Lipinski definition) is 1. The Hall–Kier alpha value is -1.60. The molecule has 1 atom stereocenters. The maximum atomic E-state index is 9.00. The van der Waals surface area contributed by atoms with Crippen LogP contribution in [-0.4, -0.2) is 31.7 Å². The highest BCUT2D eigenvalue weighted by Crippen LogP contribution is 2.25. The minimum atomic E-state index is 0.535. The molecule has 0 bridgehead atoms. The van der Waals surface area contributed by atoms with Crippen LogP contribution >= 0.6 is 0 Å². The van der Waals surface area contributed by atoms with Gasteiger partial charge in [-0.25, -0.2) is 4.98 Å². The van der Waals surface area contributed by atoms with Crippen LogP contribution in [0.4, 0.5) is 5.69 Å². The van der Waals surface area contributed by atoms with Gasteiger partial charge in [0.1, 0.15) is 6.07 Å². The lowest BCUT2D eigenvalue weighted by molar-refractivity contribution is 0.549. The Balaban J connectivity index is 2.12. The van der Waals surface area contributed by atoms with Crippen LogP contribution in [0, 0.1) is 17.2 Å². The third-order valence-electron chi connectivity index (χ3n) is 3.01. The van der Waals surface area contributed by atoms with Gasteiger partial charge in [-0.1, -0.05) is 0 Å². The van der Waals surface area contributed by atoms with E-state index >= 15 is 0 Å². The van der Waals surface area contributed by atoms with Crippen LogP contribution in [0.15, 0.2) is 18.3 Å². The Morgan fingerprint density at radius 1 is 1.69 bits per heavy atom. The molecule has 0 amide bonds. The molecule has 1 saturated heterocycles. The topological polar surface area (TPSA) is 52.0 Å². The maximum Gasteiger partial charge on any atom is 0.163 e. The zero-order chi connectivity index (χ0) is 11.4. The predicted octanol–water partition coefficient (Wildman–Crippen LogP) is 0.999. The Kier molecular flexibility index (Phi) is 3.37. The highest BCUT2D eigenvalue weighted by Gasteiger charge is 2.23. The molecule has 1 fully saturated rings. The van der Waals surface area contributed by atoms with E-state index in [2.05, 4.69) is 21.3 Å². The van der Waals surface area contributed by atoms with Crippen LogP contribution in [-0.2, 0) is 0 Å². The zero-order valence-corrected chi connectivity index (χ0v) is 9.48. The lowest BCUT2D eigenvalue weighted by Crippen LogP contribution is -2.24. The first-order chi connectivity index (χ1) is 7.85. The van der Waals surface area contributed by atoms with E-state index in [0.29, 0.717) is 11.6 Å². The van der Waals surface area contributed by atoms with Gasteiger partial charge in [0, 0.05) is 19.3 Å². The summed E-state index contributed by atoms with van der Waals surface area (Å²) in [5, 5.41) is 12.2. The fourth-order valence-electron chi connectivity index (χ4n) is 2.24. The highest BCUT2D eigenvalue weighted by molar-refractivity contribution is 5.56. The normalized spacial score (nSPS) is 19.8. The van der Waals surface area contributed by atoms with Gasteiger partial charge < -0.3 is 10.2 Å². The molecular formula is C12H16N4. The molecule has 2 heterocycles. The number of nitrogens with zero attached hydrogens (tertiary/aromatic N) is 3. The smallest absolute Gasteiger partial charge is 0.163 e. The molecule has 1 aliphatic rings. The monoisotopic (exact) mass is 216 g/mol. The SMILES string of the molecule is CNCC1CCN(c2cccnc2C#N)C1. The summed E-state index contributed by atoms with van der Waals surface area (Å²) in [5.74, 6) is 0.678. The number of aromatic nitrogens is 1. The second-order valence-electron chi connectivity index (χ2n) is 4.14. The number of nitriles is 1. The molecular weight excluding hydrogens is 200 g/mol. The Bertz CT molecular complexity index is 396. The van der Waals surface area contributed by atoms with Crippen LogP contribution in [0.5, 0.6) is 0 Å². The summed E-state index contributed by atoms with van der Waals surface area (Å²) in [6.07, 6.45) is 2.85. The van der Waals surface area contributed by atoms with Crippen molar-refractivity contribution in [3.63, 3.8) is 0 Å². The molecule has 1 unspecified atom stereocenters. The first-order valence-corrected chi connectivity index (χ1v) is 5.60. The Labute approximate surface area is 95.9 Å². The summed E-state index contributed by atoms with van der Waals surface area (Å²) >= 11 is 0. The summed E-state index contributed by atoms with van der Waals surface area (Å²) in [6.45, 7) is 3.08. The molecule has 2 rings (SSSR count). The van der Waals surface area contributed by atoms with Crippen molar-refractivity contribution in [2.45, 2.75) is 6.42 Å². The van der Waals surface area contributed by atoms with E-state index in [1.807, 2.05) is 19.2 Å². The van der Waals surface area contributed by atoms with Gasteiger partial charge in [-0.3, -0.25) is 0 Å². The van der Waals surface area contributed by atoms with Crippen molar-refractivity contribution < 1.29 is 0 Å². The minimum Gasteiger partial charge on any atom is -0.369 e. The molecule has 0 spiro atoms. The van der Waals surface area contributed by atoms with Crippen molar-refractivity contribution in [1.82, 2.24) is 10.3 Å². The third kappa shape index (κ3) is 2.15. The van der Waals surface area contributed by atoms with Crippen molar-refractivity contribution in [1.29, 1.82) is 5.26 Å². The van der Waals surface area contributed by atoms with Crippen molar-refractivity contribution >= 4 is 5.69 Å². The Morgan fingerprint density at radius 2 is 2.56 bits per heavy atom. The van der Waals surface area contributed by atoms with Gasteiger partial charge in [-0.05, 0) is 38.1 Å². The molecule has 1 N–H and O–H groups in total. The van der Waals surface area contributed by atoms with Gasteiger partial charge in [0.15, 0.2) is 5.69 Å². The summed E-state index contributed by atoms with van der Waals surface area (Å²) in [4.78, 5) is 6.35. The van der Waals surface area contributed by atoms with Crippen LogP contribution < -0.4 is 10.2 Å². The lowest BCUT2D eigenvalue weighted by atomic mass is 10.1. The first kappa shape index (κ1) is 10.9. The van der Waals surface area contributed by atoms with Crippen LogP contribution in [0.25, 0.3) is 0 Å². The van der Waals surface area contributed by atoms with Gasteiger partial charge in [0.25, 0.3) is 0 Å². The summed E-state index contributed by atoms with van der Waals surface area (Å²) < 4.78 is 0. The van der Waals surface area contributed by atoms with Crippen LogP contribution in [0.2, 0.25) is 0 Å². The molecule has 4 heteroatoms. The standard InChI is InChI=1S/C12H16N4/c1-14-8-10-4-6-16(9-10)12-3-2-5-15-11(12)7-13/h2-3,5,10,14H,4,6,8-9H2,1H3. The predicted molar refractivity (Wildman–Crippen MR) is 63.2 cm³/mol. The van der Waals surface area contributed by atoms with Gasteiger partial charge in [-0.2, -0.15) is 5.26 Å². The molecule has 1 aliphatic heterocycles. The van der Waals surface area contributed by atoms with Gasteiger partial charge in [-0.15, -0.1) is 0 Å². The minimum absolute atomic E-state index is 0.535. The third-order valence-corrected chi connectivity index (χ3v) is 3.01. The number of pyridine rings is 1. The van der Waals surface area contributed by atoms with Crippen LogP contribution in [0.3, 0.4) is 0 Å². The largest absolute Gasteiger partial charge is 0.369 e. The average Bonchev–Trinajstić information content (AvgIpc) is 2.78. The zero-order valence-electron chi connectivity index (χ0n) is 9.48. The fraction of sp³-hybridized carbons (Fsp3) is 0.500. The van der Waals surface area contributed by atoms with E-state index in [1.165, 1.54) is 6.42 Å². The number of nitrogens with one attached hydrogen (secondary N) is 1. The number of hydrogen-bond acceptors (Lipinski definition) is 4. The summed E-state index contributed by atoms with van der Waals surface area (Å²) in [7, 11) is 1.98. The summed E-state index contributed by atoms with van der Waals surface area (Å²) in [5.41, 5.74) is 1.51. The van der Waals surface area contributed by atoms with E-state index in [4.69, 9.17) is 5.26 Å². The number of rotatable bonds is 3. The quantitative estimate of drug-likeness (QED) is 0.819. The van der Waals surface area contributed by atoms with E-state index in [9.17, 15) is 0 Å². The molecule has 0 radical (unpaired) electrons. The van der Waals surface area contributed by atoms with Gasteiger partial charge >= 0.3 is 0 Å². The fourth-order valence-corrected chi connectivity index (χ4v) is 2.24. The lowest BCUT2D eigenvalue weighted by Gasteiger charge is -2.19. The number of anilines is 1. The molecule has 4 nitrogen and oxygen atoms in total. The molecule has 0 aromatic carbocycles. The van der Waals surface area contributed by atoms with Gasteiger partial charge in [0.05, 0.1) is 5.69 Å². The van der Waals surface area contributed by atoms with E-state index in [1.54, 1.807) is 6.20 Å². The van der Waals surface area contributed by atoms with Gasteiger partial charge in [0.2, 0.25) is 0 Å². The molecule has 0 aliphatic carbocycles. The second kappa shape index (κ2) is 4.95. The molecule has 1 aromatic rings. The molecule has 16 heavy (non-hydrogen) atoms. The molecule has 84 valence electrons. The highest BCUT2D eigenvalue weighted by atomic mass is 15.2. The maximum absolute atomic E-state index is 9.00. The van der Waals surface area contributed by atoms with Crippen molar-refractivity contribution in [3.05, 3.63) is 24.0 Å². The Morgan fingerprint density at radius 3 is 3.31 bits per heavy atom. The van der Waals surface area contributed by atoms with E-state index in [0.717, 1.165) is 25.3 Å². The van der Waals surface area contributed by atoms with Crippen LogP contribution in [0.1, 0.15) is 12.1 Å². The summed E-state index contributed by atoms with van der Waals surface area (Å²) in [6, 6.07) is 6.02. The van der Waals surface area contributed by atoms with Crippen molar-refractivity contribution in [2.75, 3.05) is 31.6 Å². The molecule has 0 saturated carbocycles.